The summed E-state index contributed by atoms with van der Waals surface area (Å²) >= 11 is 6.11. The molecule has 0 radical (unpaired) electrons. The molecule has 0 bridgehead atoms. The summed E-state index contributed by atoms with van der Waals surface area (Å²) in [6.45, 7) is 5.80. The summed E-state index contributed by atoms with van der Waals surface area (Å²) in [4.78, 5) is 6.32. The van der Waals surface area contributed by atoms with Crippen LogP contribution < -0.4 is 4.74 Å². The molecule has 1 aromatic carbocycles. The average Bonchev–Trinajstić information content (AvgIpc) is 2.31. The molecule has 0 aliphatic carbocycles. The van der Waals surface area contributed by atoms with Gasteiger partial charge in [0.2, 0.25) is 0 Å². The second-order valence-corrected chi connectivity index (χ2v) is 3.59. The lowest BCUT2D eigenvalue weighted by Gasteiger charge is -2.17. The van der Waals surface area contributed by atoms with Crippen LogP contribution in [0.15, 0.2) is 29.3 Å². The van der Waals surface area contributed by atoms with E-state index in [1.54, 1.807) is 7.11 Å². The Morgan fingerprint density at radius 2 is 2.06 bits per heavy atom. The van der Waals surface area contributed by atoms with Gasteiger partial charge in [0, 0.05) is 19.2 Å². The molecule has 1 aromatic rings. The third-order valence-corrected chi connectivity index (χ3v) is 2.62. The number of rotatable bonds is 4. The Hall–Kier alpha value is -1.22. The standard InChI is InChI=1S/C12H17ClN2O/c1-4-15(5-2)12(13)14-10-7-6-8-11(9-10)16-3/h6-9H,4-5H2,1-3H3. The Morgan fingerprint density at radius 1 is 1.38 bits per heavy atom. The van der Waals surface area contributed by atoms with Gasteiger partial charge in [0.05, 0.1) is 12.8 Å². The summed E-state index contributed by atoms with van der Waals surface area (Å²) in [5, 5.41) is 0.512. The molecule has 0 amide bonds. The maximum absolute atomic E-state index is 6.11. The van der Waals surface area contributed by atoms with Crippen molar-refractivity contribution >= 4 is 22.6 Å². The lowest BCUT2D eigenvalue weighted by Crippen LogP contribution is -2.26. The fourth-order valence-corrected chi connectivity index (χ4v) is 1.68. The molecule has 0 aromatic heterocycles. The largest absolute Gasteiger partial charge is 0.497 e. The van der Waals surface area contributed by atoms with Crippen LogP contribution in [0.3, 0.4) is 0 Å². The van der Waals surface area contributed by atoms with Crippen molar-refractivity contribution < 1.29 is 4.74 Å². The summed E-state index contributed by atoms with van der Waals surface area (Å²) in [6.07, 6.45) is 0. The van der Waals surface area contributed by atoms with Crippen molar-refractivity contribution in [1.82, 2.24) is 4.90 Å². The molecule has 3 nitrogen and oxygen atoms in total. The topological polar surface area (TPSA) is 24.8 Å². The molecule has 16 heavy (non-hydrogen) atoms. The lowest BCUT2D eigenvalue weighted by atomic mass is 10.3. The average molecular weight is 241 g/mol. The van der Waals surface area contributed by atoms with Crippen molar-refractivity contribution in [3.05, 3.63) is 24.3 Å². The van der Waals surface area contributed by atoms with Crippen LogP contribution in [0.2, 0.25) is 0 Å². The third-order valence-electron chi connectivity index (χ3n) is 2.30. The van der Waals surface area contributed by atoms with E-state index in [1.807, 2.05) is 43.0 Å². The highest BCUT2D eigenvalue weighted by Gasteiger charge is 2.04. The number of ether oxygens (including phenoxy) is 1. The van der Waals surface area contributed by atoms with Crippen LogP contribution >= 0.6 is 11.6 Å². The molecule has 4 heteroatoms. The van der Waals surface area contributed by atoms with Gasteiger partial charge in [0.15, 0.2) is 5.29 Å². The maximum atomic E-state index is 6.11. The molecule has 0 spiro atoms. The fraction of sp³-hybridized carbons (Fsp3) is 0.417. The summed E-state index contributed by atoms with van der Waals surface area (Å²) in [5.74, 6) is 0.783. The SMILES string of the molecule is CCN(CC)C(Cl)=Nc1cccc(OC)c1. The van der Waals surface area contributed by atoms with Gasteiger partial charge in [-0.15, -0.1) is 0 Å². The number of nitrogens with zero attached hydrogens (tertiary/aromatic N) is 2. The van der Waals surface area contributed by atoms with Crippen LogP contribution in [0.4, 0.5) is 5.69 Å². The van der Waals surface area contributed by atoms with Gasteiger partial charge in [-0.25, -0.2) is 4.99 Å². The summed E-state index contributed by atoms with van der Waals surface area (Å²) in [5.41, 5.74) is 0.802. The summed E-state index contributed by atoms with van der Waals surface area (Å²) < 4.78 is 5.12. The van der Waals surface area contributed by atoms with Crippen LogP contribution in [0, 0.1) is 0 Å². The van der Waals surface area contributed by atoms with Gasteiger partial charge in [-0.1, -0.05) is 6.07 Å². The number of benzene rings is 1. The molecule has 0 unspecified atom stereocenters. The van der Waals surface area contributed by atoms with Crippen molar-refractivity contribution in [3.63, 3.8) is 0 Å². The van der Waals surface area contributed by atoms with Gasteiger partial charge in [-0.3, -0.25) is 0 Å². The van der Waals surface area contributed by atoms with Crippen molar-refractivity contribution in [2.45, 2.75) is 13.8 Å². The number of hydrogen-bond acceptors (Lipinski definition) is 2. The van der Waals surface area contributed by atoms with E-state index in [4.69, 9.17) is 16.3 Å². The van der Waals surface area contributed by atoms with Crippen molar-refractivity contribution in [2.24, 2.45) is 4.99 Å². The minimum atomic E-state index is 0.512. The van der Waals surface area contributed by atoms with E-state index in [0.717, 1.165) is 24.5 Å². The van der Waals surface area contributed by atoms with Crippen molar-refractivity contribution in [1.29, 1.82) is 0 Å². The molecule has 0 aliphatic heterocycles. The van der Waals surface area contributed by atoms with Crippen molar-refractivity contribution in [2.75, 3.05) is 20.2 Å². The molecule has 0 fully saturated rings. The number of aliphatic imine (C=N–C) groups is 1. The zero-order valence-corrected chi connectivity index (χ0v) is 10.7. The predicted molar refractivity (Wildman–Crippen MR) is 68.9 cm³/mol. The van der Waals surface area contributed by atoms with E-state index in [1.165, 1.54) is 0 Å². The molecular weight excluding hydrogens is 224 g/mol. The van der Waals surface area contributed by atoms with Crippen molar-refractivity contribution in [3.8, 4) is 5.75 Å². The van der Waals surface area contributed by atoms with Crippen LogP contribution in [-0.4, -0.2) is 30.4 Å². The molecule has 0 saturated heterocycles. The van der Waals surface area contributed by atoms with Crippen LogP contribution in [0.1, 0.15) is 13.8 Å². The van der Waals surface area contributed by atoms with Gasteiger partial charge >= 0.3 is 0 Å². The first-order chi connectivity index (χ1) is 7.71. The van der Waals surface area contributed by atoms with Gasteiger partial charge in [-0.2, -0.15) is 0 Å². The predicted octanol–water partition coefficient (Wildman–Crippen LogP) is 3.26. The van der Waals surface area contributed by atoms with Crippen LogP contribution in [0.25, 0.3) is 0 Å². The zero-order chi connectivity index (χ0) is 12.0. The molecular formula is C12H17ClN2O. The molecule has 1 rings (SSSR count). The first kappa shape index (κ1) is 12.8. The third kappa shape index (κ3) is 3.42. The first-order valence-electron chi connectivity index (χ1n) is 5.34. The minimum absolute atomic E-state index is 0.512. The van der Waals surface area contributed by atoms with E-state index in [0.29, 0.717) is 5.29 Å². The summed E-state index contributed by atoms with van der Waals surface area (Å²) in [7, 11) is 1.63. The smallest absolute Gasteiger partial charge is 0.199 e. The van der Waals surface area contributed by atoms with Gasteiger partial charge in [0.1, 0.15) is 5.75 Å². The molecule has 0 heterocycles. The Labute approximate surface area is 102 Å². The Bertz CT molecular complexity index is 362. The number of amidine groups is 1. The number of hydrogen-bond donors (Lipinski definition) is 0. The van der Waals surface area contributed by atoms with Crippen LogP contribution in [0.5, 0.6) is 5.75 Å². The molecule has 88 valence electrons. The minimum Gasteiger partial charge on any atom is -0.497 e. The second kappa shape index (κ2) is 6.38. The Morgan fingerprint density at radius 3 is 2.62 bits per heavy atom. The molecule has 0 atom stereocenters. The van der Waals surface area contributed by atoms with E-state index < -0.39 is 0 Å². The lowest BCUT2D eigenvalue weighted by molar-refractivity contribution is 0.415. The zero-order valence-electron chi connectivity index (χ0n) is 9.90. The number of halogens is 1. The Balaban J connectivity index is 2.88. The fourth-order valence-electron chi connectivity index (χ4n) is 1.34. The first-order valence-corrected chi connectivity index (χ1v) is 5.72. The summed E-state index contributed by atoms with van der Waals surface area (Å²) in [6, 6.07) is 7.52. The second-order valence-electron chi connectivity index (χ2n) is 3.25. The Kier molecular flexibility index (Phi) is 5.12. The molecule has 0 N–H and O–H groups in total. The quantitative estimate of drug-likeness (QED) is 0.459. The van der Waals surface area contributed by atoms with Gasteiger partial charge in [0.25, 0.3) is 0 Å². The normalized spacial score (nSPS) is 11.4. The number of methoxy groups -OCH3 is 1. The van der Waals surface area contributed by atoms with E-state index in [-0.39, 0.29) is 0 Å². The van der Waals surface area contributed by atoms with E-state index in [2.05, 4.69) is 4.99 Å². The molecule has 0 saturated carbocycles. The van der Waals surface area contributed by atoms with E-state index in [9.17, 15) is 0 Å². The van der Waals surface area contributed by atoms with E-state index >= 15 is 0 Å². The molecule has 0 aliphatic rings. The highest BCUT2D eigenvalue weighted by Crippen LogP contribution is 2.20. The monoisotopic (exact) mass is 240 g/mol. The highest BCUT2D eigenvalue weighted by atomic mass is 35.5. The van der Waals surface area contributed by atoms with Gasteiger partial charge in [-0.05, 0) is 37.6 Å². The van der Waals surface area contributed by atoms with Crippen LogP contribution in [-0.2, 0) is 0 Å². The highest BCUT2D eigenvalue weighted by molar-refractivity contribution is 6.64. The maximum Gasteiger partial charge on any atom is 0.199 e. The van der Waals surface area contributed by atoms with Gasteiger partial charge < -0.3 is 9.64 Å².